The van der Waals surface area contributed by atoms with Crippen molar-refractivity contribution >= 4 is 11.8 Å². The van der Waals surface area contributed by atoms with Crippen molar-refractivity contribution in [2.45, 2.75) is 101 Å². The van der Waals surface area contributed by atoms with Crippen LogP contribution in [0.25, 0.3) is 0 Å². The van der Waals surface area contributed by atoms with Crippen LogP contribution in [0.4, 0.5) is 11.8 Å². The van der Waals surface area contributed by atoms with Gasteiger partial charge in [-0.1, -0.05) is 12.8 Å². The standard InChI is InChI=1S/C22H35N5/c23-21-25-19-18(6-5-13-22(19)11-1-2-12-22)20(26-21)24-16-7-9-17(10-8-16)27-14-3-4-15-27/h16-17H,1-15H2,(H3,23,24,25,26). The van der Waals surface area contributed by atoms with E-state index in [1.54, 1.807) is 0 Å². The number of aromatic nitrogens is 2. The molecule has 27 heavy (non-hydrogen) atoms. The van der Waals surface area contributed by atoms with Gasteiger partial charge in [-0.25, -0.2) is 4.98 Å². The van der Waals surface area contributed by atoms with Crippen LogP contribution in [0.5, 0.6) is 0 Å². The van der Waals surface area contributed by atoms with Crippen molar-refractivity contribution in [3.8, 4) is 0 Å². The summed E-state index contributed by atoms with van der Waals surface area (Å²) in [6, 6.07) is 1.36. The molecule has 5 nitrogen and oxygen atoms in total. The fourth-order valence-corrected chi connectivity index (χ4v) is 6.44. The number of nitrogens with one attached hydrogen (secondary N) is 1. The summed E-state index contributed by atoms with van der Waals surface area (Å²) in [4.78, 5) is 12.2. The summed E-state index contributed by atoms with van der Waals surface area (Å²) < 4.78 is 0. The molecule has 0 atom stereocenters. The third-order valence-corrected chi connectivity index (χ3v) is 7.86. The van der Waals surface area contributed by atoms with Gasteiger partial charge < -0.3 is 16.0 Å². The van der Waals surface area contributed by atoms with Crippen molar-refractivity contribution in [3.63, 3.8) is 0 Å². The Morgan fingerprint density at radius 2 is 1.59 bits per heavy atom. The first kappa shape index (κ1) is 17.7. The molecule has 0 radical (unpaired) electrons. The molecule has 2 saturated carbocycles. The van der Waals surface area contributed by atoms with Crippen LogP contribution < -0.4 is 11.1 Å². The molecule has 0 unspecified atom stereocenters. The second-order valence-corrected chi connectivity index (χ2v) is 9.49. The Balaban J connectivity index is 1.32. The summed E-state index contributed by atoms with van der Waals surface area (Å²) in [6.07, 6.45) is 16.9. The molecule has 1 saturated heterocycles. The van der Waals surface area contributed by atoms with E-state index in [0.717, 1.165) is 18.3 Å². The fourth-order valence-electron chi connectivity index (χ4n) is 6.44. The molecule has 3 fully saturated rings. The molecule has 3 N–H and O–H groups in total. The zero-order valence-corrected chi connectivity index (χ0v) is 16.7. The van der Waals surface area contributed by atoms with E-state index >= 15 is 0 Å². The molecule has 3 aliphatic carbocycles. The van der Waals surface area contributed by atoms with E-state index in [-0.39, 0.29) is 0 Å². The van der Waals surface area contributed by atoms with E-state index in [1.165, 1.54) is 101 Å². The molecule has 5 heteroatoms. The molecular formula is C22H35N5. The summed E-state index contributed by atoms with van der Waals surface area (Å²) in [6.45, 7) is 2.64. The van der Waals surface area contributed by atoms with E-state index in [9.17, 15) is 0 Å². The Hall–Kier alpha value is -1.36. The normalized spacial score (nSPS) is 30.5. The number of fused-ring (bicyclic) bond motifs is 2. The molecule has 0 amide bonds. The van der Waals surface area contributed by atoms with E-state index < -0.39 is 0 Å². The van der Waals surface area contributed by atoms with Gasteiger partial charge >= 0.3 is 0 Å². The van der Waals surface area contributed by atoms with Crippen LogP contribution in [0.3, 0.4) is 0 Å². The number of nitrogen functional groups attached to an aromatic ring is 1. The lowest BCUT2D eigenvalue weighted by Crippen LogP contribution is -2.39. The highest BCUT2D eigenvalue weighted by Crippen LogP contribution is 2.49. The summed E-state index contributed by atoms with van der Waals surface area (Å²) in [7, 11) is 0. The third-order valence-electron chi connectivity index (χ3n) is 7.86. The number of hydrogen-bond donors (Lipinski definition) is 2. The quantitative estimate of drug-likeness (QED) is 0.842. The number of hydrogen-bond acceptors (Lipinski definition) is 5. The lowest BCUT2D eigenvalue weighted by molar-refractivity contribution is 0.186. The van der Waals surface area contributed by atoms with Gasteiger partial charge in [0.15, 0.2) is 0 Å². The number of anilines is 2. The van der Waals surface area contributed by atoms with Gasteiger partial charge in [0, 0.05) is 23.1 Å². The number of nitrogens with two attached hydrogens (primary N) is 1. The van der Waals surface area contributed by atoms with Gasteiger partial charge in [-0.15, -0.1) is 0 Å². The van der Waals surface area contributed by atoms with E-state index in [0.29, 0.717) is 17.4 Å². The first-order valence-corrected chi connectivity index (χ1v) is 11.4. The smallest absolute Gasteiger partial charge is 0.222 e. The van der Waals surface area contributed by atoms with Gasteiger partial charge in [0.25, 0.3) is 0 Å². The molecule has 1 aliphatic heterocycles. The Kier molecular flexibility index (Phi) is 4.75. The van der Waals surface area contributed by atoms with Gasteiger partial charge in [0.1, 0.15) is 5.82 Å². The molecule has 5 rings (SSSR count). The number of likely N-dealkylation sites (tertiary alicyclic amines) is 1. The average molecular weight is 370 g/mol. The van der Waals surface area contributed by atoms with Crippen molar-refractivity contribution in [1.82, 2.24) is 14.9 Å². The molecule has 0 bridgehead atoms. The maximum absolute atomic E-state index is 6.17. The maximum Gasteiger partial charge on any atom is 0.222 e. The monoisotopic (exact) mass is 369 g/mol. The van der Waals surface area contributed by atoms with Crippen LogP contribution in [0, 0.1) is 0 Å². The predicted octanol–water partition coefficient (Wildman–Crippen LogP) is 4.03. The molecular weight excluding hydrogens is 334 g/mol. The maximum atomic E-state index is 6.17. The third kappa shape index (κ3) is 3.32. The van der Waals surface area contributed by atoms with E-state index in [1.807, 2.05) is 0 Å². The molecule has 1 aromatic rings. The van der Waals surface area contributed by atoms with Crippen molar-refractivity contribution in [2.24, 2.45) is 0 Å². The van der Waals surface area contributed by atoms with Crippen LogP contribution in [0.15, 0.2) is 0 Å². The van der Waals surface area contributed by atoms with Crippen LogP contribution in [0.1, 0.15) is 88.3 Å². The first-order valence-electron chi connectivity index (χ1n) is 11.4. The minimum absolute atomic E-state index is 0.300. The summed E-state index contributed by atoms with van der Waals surface area (Å²) in [5.74, 6) is 1.53. The van der Waals surface area contributed by atoms with Gasteiger partial charge in [0.05, 0.1) is 5.69 Å². The summed E-state index contributed by atoms with van der Waals surface area (Å²) in [5, 5.41) is 3.82. The minimum atomic E-state index is 0.300. The minimum Gasteiger partial charge on any atom is -0.368 e. The molecule has 4 aliphatic rings. The SMILES string of the molecule is Nc1nc(NC2CCC(N3CCCC3)CC2)c2c(n1)C1(CCCC1)CCC2. The van der Waals surface area contributed by atoms with Crippen LogP contribution in [-0.2, 0) is 11.8 Å². The van der Waals surface area contributed by atoms with Crippen LogP contribution in [0.2, 0.25) is 0 Å². The van der Waals surface area contributed by atoms with Crippen molar-refractivity contribution in [1.29, 1.82) is 0 Å². The number of nitrogens with zero attached hydrogens (tertiary/aromatic N) is 3. The van der Waals surface area contributed by atoms with Crippen molar-refractivity contribution in [2.75, 3.05) is 24.1 Å². The number of rotatable bonds is 3. The Bertz CT molecular complexity index is 668. The molecule has 2 heterocycles. The average Bonchev–Trinajstić information content (AvgIpc) is 3.36. The van der Waals surface area contributed by atoms with Crippen LogP contribution >= 0.6 is 0 Å². The molecule has 0 aromatic carbocycles. The topological polar surface area (TPSA) is 67.1 Å². The van der Waals surface area contributed by atoms with Gasteiger partial charge in [-0.2, -0.15) is 4.98 Å². The summed E-state index contributed by atoms with van der Waals surface area (Å²) >= 11 is 0. The Morgan fingerprint density at radius 1 is 0.889 bits per heavy atom. The first-order chi connectivity index (χ1) is 13.2. The fraction of sp³-hybridized carbons (Fsp3) is 0.818. The van der Waals surface area contributed by atoms with Crippen molar-refractivity contribution < 1.29 is 0 Å². The van der Waals surface area contributed by atoms with E-state index in [4.69, 9.17) is 10.7 Å². The zero-order chi connectivity index (χ0) is 18.3. The van der Waals surface area contributed by atoms with Gasteiger partial charge in [-0.05, 0) is 83.7 Å². The van der Waals surface area contributed by atoms with Gasteiger partial charge in [-0.3, -0.25) is 0 Å². The second kappa shape index (κ2) is 7.23. The molecule has 148 valence electrons. The zero-order valence-electron chi connectivity index (χ0n) is 16.7. The highest BCUT2D eigenvalue weighted by atomic mass is 15.2. The lowest BCUT2D eigenvalue weighted by atomic mass is 9.71. The summed E-state index contributed by atoms with van der Waals surface area (Å²) in [5.41, 5.74) is 9.16. The Morgan fingerprint density at radius 3 is 2.33 bits per heavy atom. The molecule has 1 aromatic heterocycles. The largest absolute Gasteiger partial charge is 0.368 e. The van der Waals surface area contributed by atoms with Gasteiger partial charge in [0.2, 0.25) is 5.95 Å². The van der Waals surface area contributed by atoms with Crippen LogP contribution in [-0.4, -0.2) is 40.0 Å². The Labute approximate surface area is 163 Å². The molecule has 1 spiro atoms. The second-order valence-electron chi connectivity index (χ2n) is 9.49. The van der Waals surface area contributed by atoms with Crippen molar-refractivity contribution in [3.05, 3.63) is 11.3 Å². The lowest BCUT2D eigenvalue weighted by Gasteiger charge is -2.37. The predicted molar refractivity (Wildman–Crippen MR) is 110 cm³/mol. The highest BCUT2D eigenvalue weighted by Gasteiger charge is 2.42. The van der Waals surface area contributed by atoms with E-state index in [2.05, 4.69) is 15.2 Å². The highest BCUT2D eigenvalue weighted by molar-refractivity contribution is 5.53.